The van der Waals surface area contributed by atoms with E-state index in [9.17, 15) is 9.59 Å². The van der Waals surface area contributed by atoms with Crippen LogP contribution in [-0.2, 0) is 20.8 Å². The highest BCUT2D eigenvalue weighted by atomic mass is 16.5. The predicted octanol–water partition coefficient (Wildman–Crippen LogP) is 0.579. The smallest absolute Gasteiger partial charge is 0.261 e. The topological polar surface area (TPSA) is 73.7 Å². The first kappa shape index (κ1) is 16.6. The molecule has 1 atom stereocenters. The van der Waals surface area contributed by atoms with Crippen LogP contribution in [0.1, 0.15) is 5.82 Å². The number of carbonyl (C=O) groups is 1. The van der Waals surface area contributed by atoms with Crippen LogP contribution in [0.3, 0.4) is 0 Å². The van der Waals surface area contributed by atoms with Crippen LogP contribution in [0, 0.1) is 6.92 Å². The van der Waals surface area contributed by atoms with E-state index in [0.29, 0.717) is 43.1 Å². The van der Waals surface area contributed by atoms with Crippen molar-refractivity contribution in [2.24, 2.45) is 0 Å². The lowest BCUT2D eigenvalue weighted by Gasteiger charge is -2.35. The van der Waals surface area contributed by atoms with Crippen LogP contribution in [0.15, 0.2) is 29.1 Å². The van der Waals surface area contributed by atoms with Gasteiger partial charge >= 0.3 is 0 Å². The molecule has 24 heavy (non-hydrogen) atoms. The summed E-state index contributed by atoms with van der Waals surface area (Å²) in [5, 5.41) is 0.520. The average Bonchev–Trinajstić information content (AvgIpc) is 2.59. The lowest BCUT2D eigenvalue weighted by molar-refractivity contribution is -0.142. The summed E-state index contributed by atoms with van der Waals surface area (Å²) in [7, 11) is 1.60. The Morgan fingerprint density at radius 2 is 2.21 bits per heavy atom. The lowest BCUT2D eigenvalue weighted by Crippen LogP contribution is -2.52. The summed E-state index contributed by atoms with van der Waals surface area (Å²) in [4.78, 5) is 31.6. The zero-order valence-electron chi connectivity index (χ0n) is 13.9. The number of aryl methyl sites for hydroxylation is 1. The fraction of sp³-hybridized carbons (Fsp3) is 0.471. The molecule has 1 unspecified atom stereocenters. The second-order valence-corrected chi connectivity index (χ2v) is 5.84. The number of aromatic nitrogens is 2. The van der Waals surface area contributed by atoms with E-state index >= 15 is 0 Å². The van der Waals surface area contributed by atoms with Crippen LogP contribution >= 0.6 is 0 Å². The molecule has 1 aliphatic rings. The Morgan fingerprint density at radius 3 is 3.00 bits per heavy atom. The van der Waals surface area contributed by atoms with Crippen LogP contribution in [0.2, 0.25) is 0 Å². The molecule has 0 radical (unpaired) electrons. The number of ether oxygens (including phenoxy) is 2. The monoisotopic (exact) mass is 331 g/mol. The van der Waals surface area contributed by atoms with E-state index < -0.39 is 0 Å². The van der Waals surface area contributed by atoms with Gasteiger partial charge in [-0.15, -0.1) is 0 Å². The Morgan fingerprint density at radius 1 is 1.42 bits per heavy atom. The van der Waals surface area contributed by atoms with Gasteiger partial charge in [0.05, 0.1) is 36.8 Å². The third-order valence-corrected chi connectivity index (χ3v) is 4.25. The Hall–Kier alpha value is -2.25. The number of methoxy groups -OCH3 is 1. The first-order valence-corrected chi connectivity index (χ1v) is 7.94. The van der Waals surface area contributed by atoms with Gasteiger partial charge in [0.2, 0.25) is 5.91 Å². The van der Waals surface area contributed by atoms with Crippen molar-refractivity contribution in [2.45, 2.75) is 19.5 Å². The minimum absolute atomic E-state index is 0.0251. The van der Waals surface area contributed by atoms with Crippen molar-refractivity contribution < 1.29 is 14.3 Å². The van der Waals surface area contributed by atoms with E-state index in [4.69, 9.17) is 9.47 Å². The molecule has 1 fully saturated rings. The number of amides is 1. The maximum absolute atomic E-state index is 12.7. The summed E-state index contributed by atoms with van der Waals surface area (Å²) in [6, 6.07) is 7.04. The number of fused-ring (bicyclic) bond motifs is 1. The molecular formula is C17H21N3O4. The molecule has 2 heterocycles. The summed E-state index contributed by atoms with van der Waals surface area (Å²) in [5.41, 5.74) is 0.454. The number of nitrogens with zero attached hydrogens (tertiary/aromatic N) is 3. The predicted molar refractivity (Wildman–Crippen MR) is 88.9 cm³/mol. The zero-order chi connectivity index (χ0) is 17.1. The normalized spacial score (nSPS) is 18.1. The standard InChI is InChI=1S/C17H21N3O4/c1-12-18-15-6-4-3-5-14(15)17(22)20(12)9-16(21)19-7-8-24-11-13(19)10-23-2/h3-6,13H,7-11H2,1-2H3. The zero-order valence-corrected chi connectivity index (χ0v) is 13.9. The van der Waals surface area contributed by atoms with Gasteiger partial charge in [-0.3, -0.25) is 14.2 Å². The number of morpholine rings is 1. The van der Waals surface area contributed by atoms with Crippen LogP contribution < -0.4 is 5.56 Å². The number of carbonyl (C=O) groups excluding carboxylic acids is 1. The van der Waals surface area contributed by atoms with E-state index in [-0.39, 0.29) is 24.1 Å². The van der Waals surface area contributed by atoms with Gasteiger partial charge in [0.15, 0.2) is 0 Å². The van der Waals surface area contributed by atoms with Gasteiger partial charge in [-0.1, -0.05) is 12.1 Å². The van der Waals surface area contributed by atoms with Gasteiger partial charge in [-0.25, -0.2) is 4.98 Å². The van der Waals surface area contributed by atoms with E-state index in [1.165, 1.54) is 4.57 Å². The van der Waals surface area contributed by atoms with Crippen molar-refractivity contribution in [1.82, 2.24) is 14.5 Å². The van der Waals surface area contributed by atoms with Gasteiger partial charge in [-0.05, 0) is 19.1 Å². The molecule has 1 aromatic carbocycles. The fourth-order valence-corrected chi connectivity index (χ4v) is 3.00. The van der Waals surface area contributed by atoms with Crippen molar-refractivity contribution in [3.8, 4) is 0 Å². The van der Waals surface area contributed by atoms with Gasteiger partial charge in [-0.2, -0.15) is 0 Å². The van der Waals surface area contributed by atoms with E-state index in [1.54, 1.807) is 37.1 Å². The maximum Gasteiger partial charge on any atom is 0.261 e. The molecule has 1 aliphatic heterocycles. The molecule has 1 aromatic heterocycles. The Kier molecular flexibility index (Phi) is 4.92. The summed E-state index contributed by atoms with van der Waals surface area (Å²) in [6.45, 7) is 3.58. The lowest BCUT2D eigenvalue weighted by atomic mass is 10.2. The second-order valence-electron chi connectivity index (χ2n) is 5.84. The quantitative estimate of drug-likeness (QED) is 0.819. The highest BCUT2D eigenvalue weighted by Gasteiger charge is 2.27. The van der Waals surface area contributed by atoms with Gasteiger partial charge in [0.25, 0.3) is 5.56 Å². The van der Waals surface area contributed by atoms with Crippen LogP contribution in [0.4, 0.5) is 0 Å². The van der Waals surface area contributed by atoms with Crippen molar-refractivity contribution in [1.29, 1.82) is 0 Å². The highest BCUT2D eigenvalue weighted by Crippen LogP contribution is 2.11. The van der Waals surface area contributed by atoms with Crippen molar-refractivity contribution >= 4 is 16.8 Å². The molecule has 2 aromatic rings. The number of hydrogen-bond acceptors (Lipinski definition) is 5. The number of rotatable bonds is 4. The van der Waals surface area contributed by atoms with Crippen molar-refractivity contribution in [2.75, 3.05) is 33.5 Å². The molecule has 7 heteroatoms. The first-order valence-electron chi connectivity index (χ1n) is 7.94. The molecule has 0 spiro atoms. The first-order chi connectivity index (χ1) is 11.6. The minimum atomic E-state index is -0.192. The van der Waals surface area contributed by atoms with Gasteiger partial charge in [0, 0.05) is 13.7 Å². The Labute approximate surface area is 139 Å². The molecule has 1 saturated heterocycles. The molecule has 0 bridgehead atoms. The molecule has 0 N–H and O–H groups in total. The molecule has 128 valence electrons. The van der Waals surface area contributed by atoms with Gasteiger partial charge in [0.1, 0.15) is 12.4 Å². The second kappa shape index (κ2) is 7.11. The Balaban J connectivity index is 1.88. The third-order valence-electron chi connectivity index (χ3n) is 4.25. The van der Waals surface area contributed by atoms with Crippen molar-refractivity contribution in [3.05, 3.63) is 40.4 Å². The molecule has 1 amide bonds. The van der Waals surface area contributed by atoms with Crippen molar-refractivity contribution in [3.63, 3.8) is 0 Å². The summed E-state index contributed by atoms with van der Waals surface area (Å²) in [5.74, 6) is 0.409. The van der Waals surface area contributed by atoms with Crippen LogP contribution in [-0.4, -0.2) is 59.9 Å². The molecular weight excluding hydrogens is 310 g/mol. The molecule has 3 rings (SSSR count). The minimum Gasteiger partial charge on any atom is -0.382 e. The summed E-state index contributed by atoms with van der Waals surface area (Å²) < 4.78 is 12.0. The number of para-hydroxylation sites is 1. The highest BCUT2D eigenvalue weighted by molar-refractivity contribution is 5.79. The van der Waals surface area contributed by atoms with E-state index in [0.717, 1.165) is 0 Å². The third kappa shape index (κ3) is 3.18. The Bertz CT molecular complexity index is 800. The molecule has 0 aliphatic carbocycles. The number of benzene rings is 1. The average molecular weight is 331 g/mol. The van der Waals surface area contributed by atoms with E-state index in [1.807, 2.05) is 6.07 Å². The molecule has 0 saturated carbocycles. The number of hydrogen-bond donors (Lipinski definition) is 0. The summed E-state index contributed by atoms with van der Waals surface area (Å²) in [6.07, 6.45) is 0. The summed E-state index contributed by atoms with van der Waals surface area (Å²) >= 11 is 0. The van der Waals surface area contributed by atoms with Crippen LogP contribution in [0.25, 0.3) is 10.9 Å². The van der Waals surface area contributed by atoms with Crippen LogP contribution in [0.5, 0.6) is 0 Å². The van der Waals surface area contributed by atoms with E-state index in [2.05, 4.69) is 4.98 Å². The molecule has 7 nitrogen and oxygen atoms in total. The SMILES string of the molecule is COCC1COCCN1C(=O)Cn1c(C)nc2ccccc2c1=O. The largest absolute Gasteiger partial charge is 0.382 e. The maximum atomic E-state index is 12.7. The van der Waals surface area contributed by atoms with Gasteiger partial charge < -0.3 is 14.4 Å². The fourth-order valence-electron chi connectivity index (χ4n) is 3.00.